The van der Waals surface area contributed by atoms with E-state index in [1.54, 1.807) is 18.3 Å². The van der Waals surface area contributed by atoms with Gasteiger partial charge in [-0.25, -0.2) is 0 Å². The van der Waals surface area contributed by atoms with Crippen LogP contribution in [-0.4, -0.2) is 23.4 Å². The van der Waals surface area contributed by atoms with E-state index >= 15 is 0 Å². The average molecular weight is 315 g/mol. The first-order valence-corrected chi connectivity index (χ1v) is 7.33. The second-order valence-electron chi connectivity index (χ2n) is 6.12. The van der Waals surface area contributed by atoms with E-state index < -0.39 is 11.8 Å². The van der Waals surface area contributed by atoms with Gasteiger partial charge in [0.05, 0.1) is 0 Å². The minimum absolute atomic E-state index is 0.0884. The highest BCUT2D eigenvalue weighted by molar-refractivity contribution is 5.93. The minimum atomic E-state index is -0.436. The van der Waals surface area contributed by atoms with E-state index in [4.69, 9.17) is 4.74 Å². The fourth-order valence-electron chi connectivity index (χ4n) is 2.06. The Balaban J connectivity index is 1.87. The standard InChI is InChI=1S/C17H21N3O3/c1-17(2,3)12-7-4-5-9-14(12)23-11-15(21)19-20-16(22)13-8-6-10-18-13/h4-10,18H,11H2,1-3H3,(H,19,21)(H,20,22). The van der Waals surface area contributed by atoms with Crippen LogP contribution in [0.1, 0.15) is 36.8 Å². The van der Waals surface area contributed by atoms with E-state index in [0.717, 1.165) is 5.56 Å². The number of ether oxygens (including phenoxy) is 1. The van der Waals surface area contributed by atoms with Gasteiger partial charge in [-0.05, 0) is 29.2 Å². The summed E-state index contributed by atoms with van der Waals surface area (Å²) in [6, 6.07) is 10.9. The van der Waals surface area contributed by atoms with Gasteiger partial charge in [0, 0.05) is 6.20 Å². The summed E-state index contributed by atoms with van der Waals surface area (Å²) < 4.78 is 5.58. The van der Waals surface area contributed by atoms with Crippen LogP contribution in [0, 0.1) is 0 Å². The molecule has 3 N–H and O–H groups in total. The summed E-state index contributed by atoms with van der Waals surface area (Å²) in [5, 5.41) is 0. The van der Waals surface area contributed by atoms with Crippen molar-refractivity contribution in [1.29, 1.82) is 0 Å². The van der Waals surface area contributed by atoms with E-state index in [1.165, 1.54) is 0 Å². The maximum Gasteiger partial charge on any atom is 0.286 e. The number of carbonyl (C=O) groups excluding carboxylic acids is 2. The highest BCUT2D eigenvalue weighted by atomic mass is 16.5. The average Bonchev–Trinajstić information content (AvgIpc) is 3.04. The topological polar surface area (TPSA) is 83.2 Å². The fraction of sp³-hybridized carbons (Fsp3) is 0.294. The molecule has 0 aliphatic rings. The van der Waals surface area contributed by atoms with Crippen LogP contribution >= 0.6 is 0 Å². The molecule has 0 fully saturated rings. The Bertz CT molecular complexity index is 673. The maximum atomic E-state index is 11.8. The van der Waals surface area contributed by atoms with Crippen LogP contribution in [0.2, 0.25) is 0 Å². The number of rotatable bonds is 4. The lowest BCUT2D eigenvalue weighted by atomic mass is 9.86. The van der Waals surface area contributed by atoms with Crippen molar-refractivity contribution >= 4 is 11.8 Å². The van der Waals surface area contributed by atoms with Crippen LogP contribution in [0.25, 0.3) is 0 Å². The van der Waals surface area contributed by atoms with E-state index in [9.17, 15) is 9.59 Å². The Morgan fingerprint density at radius 1 is 1.09 bits per heavy atom. The third kappa shape index (κ3) is 4.60. The Labute approximate surface area is 135 Å². The van der Waals surface area contributed by atoms with Crippen molar-refractivity contribution in [2.45, 2.75) is 26.2 Å². The van der Waals surface area contributed by atoms with E-state index in [1.807, 2.05) is 24.3 Å². The smallest absolute Gasteiger partial charge is 0.286 e. The third-order valence-electron chi connectivity index (χ3n) is 3.21. The molecule has 0 aliphatic carbocycles. The molecule has 6 heteroatoms. The second-order valence-corrected chi connectivity index (χ2v) is 6.12. The summed E-state index contributed by atoms with van der Waals surface area (Å²) in [6.07, 6.45) is 1.63. The van der Waals surface area contributed by atoms with Gasteiger partial charge >= 0.3 is 0 Å². The summed E-state index contributed by atoms with van der Waals surface area (Å²) in [6.45, 7) is 6.04. The molecule has 23 heavy (non-hydrogen) atoms. The molecule has 0 spiro atoms. The van der Waals surface area contributed by atoms with Crippen LogP contribution in [0.5, 0.6) is 5.75 Å². The summed E-state index contributed by atoms with van der Waals surface area (Å²) in [7, 11) is 0. The van der Waals surface area contributed by atoms with Gasteiger partial charge in [0.1, 0.15) is 11.4 Å². The van der Waals surface area contributed by atoms with Crippen molar-refractivity contribution < 1.29 is 14.3 Å². The lowest BCUT2D eigenvalue weighted by Gasteiger charge is -2.22. The van der Waals surface area contributed by atoms with Crippen LogP contribution < -0.4 is 15.6 Å². The van der Waals surface area contributed by atoms with Gasteiger partial charge in [0.25, 0.3) is 11.8 Å². The van der Waals surface area contributed by atoms with Crippen LogP contribution in [0.4, 0.5) is 0 Å². The second kappa shape index (κ2) is 7.00. The molecule has 0 bridgehead atoms. The van der Waals surface area contributed by atoms with Crippen LogP contribution in [-0.2, 0) is 10.2 Å². The molecule has 2 aromatic rings. The largest absolute Gasteiger partial charge is 0.483 e. The number of benzene rings is 1. The summed E-state index contributed by atoms with van der Waals surface area (Å²) in [5.74, 6) is -0.196. The predicted octanol–water partition coefficient (Wildman–Crippen LogP) is 2.15. The Hall–Kier alpha value is -2.76. The first-order chi connectivity index (χ1) is 10.9. The maximum absolute atomic E-state index is 11.8. The minimum Gasteiger partial charge on any atom is -0.483 e. The van der Waals surface area contributed by atoms with E-state index in [-0.39, 0.29) is 12.0 Å². The molecule has 1 heterocycles. The number of nitrogens with one attached hydrogen (secondary N) is 3. The summed E-state index contributed by atoms with van der Waals surface area (Å²) in [4.78, 5) is 26.2. The van der Waals surface area contributed by atoms with Gasteiger partial charge in [-0.3, -0.25) is 20.4 Å². The predicted molar refractivity (Wildman–Crippen MR) is 87.0 cm³/mol. The molecule has 0 unspecified atom stereocenters. The molecule has 122 valence electrons. The highest BCUT2D eigenvalue weighted by Gasteiger charge is 2.19. The number of hydrazine groups is 1. The van der Waals surface area contributed by atoms with Gasteiger partial charge < -0.3 is 9.72 Å². The molecule has 0 saturated heterocycles. The molecular weight excluding hydrogens is 294 g/mol. The quantitative estimate of drug-likeness (QED) is 0.756. The van der Waals surface area contributed by atoms with Gasteiger partial charge in [0.15, 0.2) is 6.61 Å². The SMILES string of the molecule is CC(C)(C)c1ccccc1OCC(=O)NNC(=O)c1ccc[nH]1. The number of aromatic amines is 1. The Morgan fingerprint density at radius 3 is 2.48 bits per heavy atom. The lowest BCUT2D eigenvalue weighted by molar-refractivity contribution is -0.123. The number of hydrogen-bond donors (Lipinski definition) is 3. The molecule has 2 amide bonds. The van der Waals surface area contributed by atoms with E-state index in [2.05, 4.69) is 36.6 Å². The van der Waals surface area contributed by atoms with Crippen molar-refractivity contribution in [3.05, 3.63) is 53.9 Å². The number of amides is 2. The van der Waals surface area contributed by atoms with Gasteiger partial charge in [0.2, 0.25) is 0 Å². The fourth-order valence-corrected chi connectivity index (χ4v) is 2.06. The molecule has 0 radical (unpaired) electrons. The number of hydrogen-bond acceptors (Lipinski definition) is 3. The highest BCUT2D eigenvalue weighted by Crippen LogP contribution is 2.30. The van der Waals surface area contributed by atoms with Crippen molar-refractivity contribution in [2.24, 2.45) is 0 Å². The zero-order valence-electron chi connectivity index (χ0n) is 13.5. The number of H-pyrrole nitrogens is 1. The van der Waals surface area contributed by atoms with E-state index in [0.29, 0.717) is 11.4 Å². The first-order valence-electron chi connectivity index (χ1n) is 7.33. The monoisotopic (exact) mass is 315 g/mol. The van der Waals surface area contributed by atoms with Crippen molar-refractivity contribution in [1.82, 2.24) is 15.8 Å². The normalized spacial score (nSPS) is 10.9. The number of aromatic nitrogens is 1. The molecule has 1 aromatic heterocycles. The first kappa shape index (κ1) is 16.6. The lowest BCUT2D eigenvalue weighted by Crippen LogP contribution is -2.44. The van der Waals surface area contributed by atoms with Crippen LogP contribution in [0.3, 0.4) is 0 Å². The molecule has 0 aliphatic heterocycles. The zero-order chi connectivity index (χ0) is 16.9. The molecule has 2 rings (SSSR count). The zero-order valence-corrected chi connectivity index (χ0v) is 13.5. The third-order valence-corrected chi connectivity index (χ3v) is 3.21. The van der Waals surface area contributed by atoms with Gasteiger partial charge in [-0.15, -0.1) is 0 Å². The summed E-state index contributed by atoms with van der Waals surface area (Å²) >= 11 is 0. The number of carbonyl (C=O) groups is 2. The molecular formula is C17H21N3O3. The Morgan fingerprint density at radius 2 is 1.83 bits per heavy atom. The number of para-hydroxylation sites is 1. The van der Waals surface area contributed by atoms with Gasteiger partial charge in [-0.2, -0.15) is 0 Å². The van der Waals surface area contributed by atoms with Crippen molar-refractivity contribution in [3.8, 4) is 5.75 Å². The summed E-state index contributed by atoms with van der Waals surface area (Å²) in [5.41, 5.74) is 5.93. The Kier molecular flexibility index (Phi) is 5.05. The van der Waals surface area contributed by atoms with Crippen molar-refractivity contribution in [3.63, 3.8) is 0 Å². The molecule has 1 aromatic carbocycles. The van der Waals surface area contributed by atoms with Crippen LogP contribution in [0.15, 0.2) is 42.6 Å². The van der Waals surface area contributed by atoms with Gasteiger partial charge in [-0.1, -0.05) is 39.0 Å². The molecule has 0 atom stereocenters. The van der Waals surface area contributed by atoms with Crippen molar-refractivity contribution in [2.75, 3.05) is 6.61 Å². The molecule has 0 saturated carbocycles. The molecule has 6 nitrogen and oxygen atoms in total.